The molecule has 0 unspecified atom stereocenters. The van der Waals surface area contributed by atoms with Gasteiger partial charge in [-0.3, -0.25) is 4.79 Å². The van der Waals surface area contributed by atoms with Gasteiger partial charge in [-0.1, -0.05) is 24.3 Å². The van der Waals surface area contributed by atoms with Crippen LogP contribution in [0.4, 0.5) is 0 Å². The Morgan fingerprint density at radius 2 is 1.85 bits per heavy atom. The molecule has 2 aliphatic rings. The van der Waals surface area contributed by atoms with Crippen LogP contribution in [0.25, 0.3) is 16.6 Å². The fraction of sp³-hybridized carbons (Fsp3) is 0.344. The molecule has 2 saturated carbocycles. The number of aromatic nitrogens is 2. The summed E-state index contributed by atoms with van der Waals surface area (Å²) in [4.78, 5) is 13.0. The van der Waals surface area contributed by atoms with Crippen LogP contribution in [0.5, 0.6) is 11.5 Å². The van der Waals surface area contributed by atoms with Crippen molar-refractivity contribution in [1.82, 2.24) is 14.9 Å². The average molecular weight is 537 g/mol. The van der Waals surface area contributed by atoms with E-state index in [0.717, 1.165) is 42.6 Å². The molecule has 2 heterocycles. The van der Waals surface area contributed by atoms with Gasteiger partial charge in [-0.15, -0.1) is 0 Å². The summed E-state index contributed by atoms with van der Waals surface area (Å²) in [5.41, 5.74) is 3.29. The van der Waals surface area contributed by atoms with E-state index in [1.807, 2.05) is 48.5 Å². The summed E-state index contributed by atoms with van der Waals surface area (Å²) in [6.45, 7) is 3.53. The largest absolute Gasteiger partial charge is 0.490 e. The number of ether oxygens (including phenoxy) is 2. The Morgan fingerprint density at radius 3 is 2.58 bits per heavy atom. The first kappa shape index (κ1) is 25.9. The molecular formula is C32H32N4O4. The number of pyridine rings is 1. The molecule has 0 bridgehead atoms. The third kappa shape index (κ3) is 5.38. The zero-order chi connectivity index (χ0) is 27.9. The third-order valence-corrected chi connectivity index (χ3v) is 7.82. The number of hydrogen-bond acceptors (Lipinski definition) is 6. The molecular weight excluding hydrogens is 504 g/mol. The van der Waals surface area contributed by atoms with Crippen LogP contribution in [0.1, 0.15) is 55.5 Å². The van der Waals surface area contributed by atoms with Crippen molar-refractivity contribution >= 4 is 11.4 Å². The number of hydrogen-bond donors (Lipinski definition) is 2. The summed E-state index contributed by atoms with van der Waals surface area (Å²) in [7, 11) is 0. The highest BCUT2D eigenvalue weighted by atomic mass is 16.5. The van der Waals surface area contributed by atoms with E-state index in [1.54, 1.807) is 42.9 Å². The van der Waals surface area contributed by atoms with Crippen LogP contribution in [-0.2, 0) is 0 Å². The number of carbonyl (C=O) groups is 1. The lowest BCUT2D eigenvalue weighted by Gasteiger charge is -2.57. The summed E-state index contributed by atoms with van der Waals surface area (Å²) < 4.78 is 13.5. The highest BCUT2D eigenvalue weighted by molar-refractivity contribution is 6.00. The smallest absolute Gasteiger partial charge is 0.255 e. The van der Waals surface area contributed by atoms with Gasteiger partial charge in [-0.2, -0.15) is 10.4 Å². The first-order valence-corrected chi connectivity index (χ1v) is 13.6. The predicted octanol–water partition coefficient (Wildman–Crippen LogP) is 5.14. The van der Waals surface area contributed by atoms with E-state index >= 15 is 0 Å². The average Bonchev–Trinajstić information content (AvgIpc) is 3.33. The van der Waals surface area contributed by atoms with Crippen LogP contribution >= 0.6 is 0 Å². The monoisotopic (exact) mass is 536 g/mol. The van der Waals surface area contributed by atoms with Crippen molar-refractivity contribution in [1.29, 1.82) is 5.26 Å². The molecule has 2 N–H and O–H groups in total. The van der Waals surface area contributed by atoms with Crippen LogP contribution < -0.4 is 14.8 Å². The van der Waals surface area contributed by atoms with Crippen molar-refractivity contribution in [2.75, 3.05) is 6.61 Å². The Balaban J connectivity index is 0.978. The molecule has 1 amide bonds. The van der Waals surface area contributed by atoms with E-state index < -0.39 is 5.60 Å². The first-order valence-electron chi connectivity index (χ1n) is 13.6. The molecule has 2 aliphatic carbocycles. The molecule has 2 aromatic heterocycles. The van der Waals surface area contributed by atoms with Crippen LogP contribution in [0.2, 0.25) is 0 Å². The Morgan fingerprint density at radius 1 is 1.10 bits per heavy atom. The molecule has 40 heavy (non-hydrogen) atoms. The normalized spacial score (nSPS) is 21.8. The number of rotatable bonds is 8. The molecule has 0 aliphatic heterocycles. The predicted molar refractivity (Wildman–Crippen MR) is 150 cm³/mol. The zero-order valence-electron chi connectivity index (χ0n) is 22.6. The number of aliphatic hydroxyl groups is 1. The van der Waals surface area contributed by atoms with Crippen molar-refractivity contribution in [3.05, 3.63) is 84.2 Å². The maximum absolute atomic E-state index is 13.0. The molecule has 2 fully saturated rings. The van der Waals surface area contributed by atoms with Gasteiger partial charge in [-0.25, -0.2) is 4.52 Å². The molecule has 0 radical (unpaired) electrons. The van der Waals surface area contributed by atoms with Gasteiger partial charge in [0.2, 0.25) is 0 Å². The molecule has 204 valence electrons. The highest BCUT2D eigenvalue weighted by Crippen LogP contribution is 2.56. The van der Waals surface area contributed by atoms with Crippen molar-refractivity contribution in [3.8, 4) is 28.7 Å². The van der Waals surface area contributed by atoms with E-state index in [-0.39, 0.29) is 30.1 Å². The third-order valence-electron chi connectivity index (χ3n) is 7.82. The van der Waals surface area contributed by atoms with Crippen molar-refractivity contribution in [2.24, 2.45) is 5.41 Å². The maximum Gasteiger partial charge on any atom is 0.255 e. The van der Waals surface area contributed by atoms with Gasteiger partial charge in [0, 0.05) is 6.04 Å². The highest BCUT2D eigenvalue weighted by Gasteiger charge is 2.54. The Hall–Kier alpha value is -4.35. The summed E-state index contributed by atoms with van der Waals surface area (Å²) in [6.07, 6.45) is 7.39. The lowest BCUT2D eigenvalue weighted by molar-refractivity contribution is -0.0833. The lowest BCUT2D eigenvalue weighted by atomic mass is 9.53. The van der Waals surface area contributed by atoms with Crippen LogP contribution in [0, 0.1) is 16.7 Å². The molecule has 4 aromatic rings. The summed E-state index contributed by atoms with van der Waals surface area (Å²) in [5, 5.41) is 26.5. The second kappa shape index (κ2) is 10.00. The second-order valence-corrected chi connectivity index (χ2v) is 11.8. The zero-order valence-corrected chi connectivity index (χ0v) is 22.6. The van der Waals surface area contributed by atoms with E-state index in [4.69, 9.17) is 14.7 Å². The minimum absolute atomic E-state index is 0.118. The molecule has 8 heteroatoms. The summed E-state index contributed by atoms with van der Waals surface area (Å²) >= 11 is 0. The van der Waals surface area contributed by atoms with E-state index in [1.165, 1.54) is 0 Å². The van der Waals surface area contributed by atoms with Gasteiger partial charge < -0.3 is 19.9 Å². The number of nitriles is 1. The minimum Gasteiger partial charge on any atom is -0.490 e. The topological polar surface area (TPSA) is 109 Å². The number of amides is 1. The van der Waals surface area contributed by atoms with Gasteiger partial charge in [0.1, 0.15) is 18.1 Å². The van der Waals surface area contributed by atoms with Gasteiger partial charge in [0.05, 0.1) is 46.8 Å². The molecule has 0 atom stereocenters. The number of fused-ring (bicyclic) bond motifs is 1. The Kier molecular flexibility index (Phi) is 6.47. The molecule has 8 nitrogen and oxygen atoms in total. The fourth-order valence-corrected chi connectivity index (χ4v) is 5.85. The van der Waals surface area contributed by atoms with E-state index in [2.05, 4.69) is 16.5 Å². The lowest BCUT2D eigenvalue weighted by Crippen LogP contribution is -2.58. The van der Waals surface area contributed by atoms with Gasteiger partial charge >= 0.3 is 0 Å². The van der Waals surface area contributed by atoms with Crippen LogP contribution in [0.15, 0.2) is 73.1 Å². The Bertz CT molecular complexity index is 1580. The number of nitrogens with zero attached hydrogens (tertiary/aromatic N) is 3. The quantitative estimate of drug-likeness (QED) is 0.323. The molecule has 1 spiro atoms. The maximum atomic E-state index is 13.0. The SMILES string of the molecule is CC(C)(O)COc1ccc2c(C(=O)NC3CC4(C3)CC(Oc3ccc(-c5cccc(C#N)c5)cc3)C4)cnn2c1. The van der Waals surface area contributed by atoms with E-state index in [9.17, 15) is 9.90 Å². The number of carbonyl (C=O) groups excluding carboxylic acids is 1. The first-order chi connectivity index (χ1) is 19.2. The van der Waals surface area contributed by atoms with Crippen LogP contribution in [-0.4, -0.2) is 45.0 Å². The molecule has 2 aromatic carbocycles. The van der Waals surface area contributed by atoms with Gasteiger partial charge in [0.15, 0.2) is 0 Å². The summed E-state index contributed by atoms with van der Waals surface area (Å²) in [5.74, 6) is 1.31. The molecule has 0 saturated heterocycles. The fourth-order valence-electron chi connectivity index (χ4n) is 5.85. The van der Waals surface area contributed by atoms with Gasteiger partial charge in [0.25, 0.3) is 5.91 Å². The van der Waals surface area contributed by atoms with Crippen molar-refractivity contribution in [2.45, 2.75) is 57.3 Å². The van der Waals surface area contributed by atoms with E-state index in [0.29, 0.717) is 22.4 Å². The standard InChI is InChI=1S/C32H32N4O4/c1-31(2,38)20-39-26-10-11-29-28(18-34-36(29)19-26)30(37)35-24-13-32(14-24)15-27(16-32)40-25-8-6-22(7-9-25)23-5-3-4-21(12-23)17-33/h3-12,18-19,24,27,38H,13-16,20H2,1-2H3,(H,35,37). The van der Waals surface area contributed by atoms with Crippen molar-refractivity contribution < 1.29 is 19.4 Å². The number of nitrogens with one attached hydrogen (secondary N) is 1. The summed E-state index contributed by atoms with van der Waals surface area (Å²) in [6, 6.07) is 21.5. The van der Waals surface area contributed by atoms with Crippen molar-refractivity contribution in [3.63, 3.8) is 0 Å². The second-order valence-electron chi connectivity index (χ2n) is 11.8. The number of benzene rings is 2. The Labute approximate surface area is 233 Å². The minimum atomic E-state index is -0.935. The van der Waals surface area contributed by atoms with Gasteiger partial charge in [-0.05, 0) is 92.5 Å². The molecule has 6 rings (SSSR count). The van der Waals surface area contributed by atoms with Crippen LogP contribution in [0.3, 0.4) is 0 Å².